The maximum Gasteiger partial charge on any atom is 0.0704 e. The molecule has 3 nitrogen and oxygen atoms in total. The third kappa shape index (κ3) is 9.80. The molecule has 3 heteroatoms. The summed E-state index contributed by atoms with van der Waals surface area (Å²) >= 11 is 0. The van der Waals surface area contributed by atoms with Crippen LogP contribution in [-0.2, 0) is 9.47 Å². The van der Waals surface area contributed by atoms with Crippen molar-refractivity contribution in [2.24, 2.45) is 5.73 Å². The van der Waals surface area contributed by atoms with Gasteiger partial charge in [0.2, 0.25) is 0 Å². The monoisotopic (exact) mass is 189 g/mol. The Morgan fingerprint density at radius 2 is 2.00 bits per heavy atom. The van der Waals surface area contributed by atoms with Crippen molar-refractivity contribution < 1.29 is 9.47 Å². The van der Waals surface area contributed by atoms with Gasteiger partial charge in [0.05, 0.1) is 19.3 Å². The summed E-state index contributed by atoms with van der Waals surface area (Å²) in [6.07, 6.45) is 3.47. The Morgan fingerprint density at radius 1 is 1.23 bits per heavy atom. The number of nitrogens with two attached hydrogens (primary N) is 1. The predicted molar refractivity (Wildman–Crippen MR) is 54.8 cm³/mol. The normalized spacial score (nSPS) is 13.2. The molecule has 0 aromatic rings. The number of hydrogen-bond donors (Lipinski definition) is 1. The van der Waals surface area contributed by atoms with E-state index >= 15 is 0 Å². The van der Waals surface area contributed by atoms with Gasteiger partial charge in [0, 0.05) is 6.61 Å². The van der Waals surface area contributed by atoms with E-state index in [1.165, 1.54) is 0 Å². The van der Waals surface area contributed by atoms with E-state index in [0.29, 0.717) is 19.3 Å². The zero-order chi connectivity index (χ0) is 9.94. The molecule has 0 rings (SSSR count). The first-order valence-electron chi connectivity index (χ1n) is 5.20. The van der Waals surface area contributed by atoms with Crippen molar-refractivity contribution >= 4 is 0 Å². The molecular weight excluding hydrogens is 166 g/mol. The third-order valence-corrected chi connectivity index (χ3v) is 1.79. The molecule has 0 aromatic heterocycles. The Morgan fingerprint density at radius 3 is 2.62 bits per heavy atom. The highest BCUT2D eigenvalue weighted by molar-refractivity contribution is 4.50. The number of rotatable bonds is 9. The van der Waals surface area contributed by atoms with Gasteiger partial charge < -0.3 is 15.2 Å². The first-order valence-corrected chi connectivity index (χ1v) is 5.20. The molecular formula is C10H23NO2. The Bertz CT molecular complexity index is 98.9. The highest BCUT2D eigenvalue weighted by Crippen LogP contribution is 1.99. The molecule has 0 aliphatic rings. The van der Waals surface area contributed by atoms with Crippen LogP contribution in [0.25, 0.3) is 0 Å². The lowest BCUT2D eigenvalue weighted by molar-refractivity contribution is 0.00895. The largest absolute Gasteiger partial charge is 0.379 e. The fourth-order valence-corrected chi connectivity index (χ4v) is 1.04. The van der Waals surface area contributed by atoms with Gasteiger partial charge in [-0.05, 0) is 32.7 Å². The molecule has 0 amide bonds. The molecule has 0 bridgehead atoms. The van der Waals surface area contributed by atoms with E-state index in [-0.39, 0.29) is 0 Å². The van der Waals surface area contributed by atoms with E-state index in [0.717, 1.165) is 32.4 Å². The molecule has 0 saturated carbocycles. The molecule has 0 aliphatic carbocycles. The van der Waals surface area contributed by atoms with Crippen LogP contribution in [0, 0.1) is 0 Å². The van der Waals surface area contributed by atoms with Crippen molar-refractivity contribution in [1.82, 2.24) is 0 Å². The van der Waals surface area contributed by atoms with Crippen LogP contribution >= 0.6 is 0 Å². The third-order valence-electron chi connectivity index (χ3n) is 1.79. The quantitative estimate of drug-likeness (QED) is 0.560. The predicted octanol–water partition coefficient (Wildman–Crippen LogP) is 1.56. The summed E-state index contributed by atoms with van der Waals surface area (Å²) < 4.78 is 10.8. The molecule has 1 unspecified atom stereocenters. The Hall–Kier alpha value is -0.120. The first kappa shape index (κ1) is 12.9. The van der Waals surface area contributed by atoms with Crippen molar-refractivity contribution in [2.45, 2.75) is 39.2 Å². The maximum atomic E-state index is 5.51. The van der Waals surface area contributed by atoms with Gasteiger partial charge in [-0.1, -0.05) is 6.92 Å². The Labute approximate surface area is 81.6 Å². The molecule has 0 spiro atoms. The fraction of sp³-hybridized carbons (Fsp3) is 1.00. The molecule has 0 aliphatic heterocycles. The molecule has 0 radical (unpaired) electrons. The lowest BCUT2D eigenvalue weighted by Crippen LogP contribution is -2.14. The van der Waals surface area contributed by atoms with Crippen molar-refractivity contribution in [2.75, 3.05) is 26.4 Å². The topological polar surface area (TPSA) is 44.5 Å². The van der Waals surface area contributed by atoms with Gasteiger partial charge in [-0.3, -0.25) is 0 Å². The van der Waals surface area contributed by atoms with Crippen LogP contribution in [0.4, 0.5) is 0 Å². The molecule has 13 heavy (non-hydrogen) atoms. The second kappa shape index (κ2) is 9.96. The number of hydrogen-bond acceptors (Lipinski definition) is 3. The second-order valence-electron chi connectivity index (χ2n) is 3.22. The van der Waals surface area contributed by atoms with Crippen molar-refractivity contribution in [1.29, 1.82) is 0 Å². The van der Waals surface area contributed by atoms with Crippen LogP contribution in [0.2, 0.25) is 0 Å². The minimum Gasteiger partial charge on any atom is -0.379 e. The van der Waals surface area contributed by atoms with Crippen LogP contribution in [-0.4, -0.2) is 32.5 Å². The summed E-state index contributed by atoms with van der Waals surface area (Å²) in [5.41, 5.74) is 5.39. The van der Waals surface area contributed by atoms with Gasteiger partial charge in [0.15, 0.2) is 0 Å². The average molecular weight is 189 g/mol. The van der Waals surface area contributed by atoms with E-state index in [9.17, 15) is 0 Å². The van der Waals surface area contributed by atoms with Gasteiger partial charge in [-0.25, -0.2) is 0 Å². The Balaban J connectivity index is 3.03. The molecule has 2 N–H and O–H groups in total. The van der Waals surface area contributed by atoms with Gasteiger partial charge >= 0.3 is 0 Å². The van der Waals surface area contributed by atoms with Crippen molar-refractivity contribution in [3.8, 4) is 0 Å². The zero-order valence-electron chi connectivity index (χ0n) is 8.92. The average Bonchev–Trinajstić information content (AvgIpc) is 2.14. The summed E-state index contributed by atoms with van der Waals surface area (Å²) in [5.74, 6) is 0. The summed E-state index contributed by atoms with van der Waals surface area (Å²) in [6.45, 7) is 7.17. The SMILES string of the molecule is CCCOCCOC(C)CCCN. The standard InChI is InChI=1S/C10H23NO2/c1-3-7-12-8-9-13-10(2)5-4-6-11/h10H,3-9,11H2,1-2H3. The van der Waals surface area contributed by atoms with Crippen LogP contribution < -0.4 is 5.73 Å². The van der Waals surface area contributed by atoms with Crippen LogP contribution in [0.5, 0.6) is 0 Å². The lowest BCUT2D eigenvalue weighted by Gasteiger charge is -2.12. The van der Waals surface area contributed by atoms with Crippen LogP contribution in [0.1, 0.15) is 33.1 Å². The van der Waals surface area contributed by atoms with Gasteiger partial charge in [0.25, 0.3) is 0 Å². The number of ether oxygens (including phenoxy) is 2. The summed E-state index contributed by atoms with van der Waals surface area (Å²) in [6, 6.07) is 0. The zero-order valence-corrected chi connectivity index (χ0v) is 8.92. The maximum absolute atomic E-state index is 5.51. The van der Waals surface area contributed by atoms with Gasteiger partial charge in [-0.15, -0.1) is 0 Å². The van der Waals surface area contributed by atoms with Crippen LogP contribution in [0.15, 0.2) is 0 Å². The van der Waals surface area contributed by atoms with Gasteiger partial charge in [-0.2, -0.15) is 0 Å². The molecule has 0 fully saturated rings. The van der Waals surface area contributed by atoms with E-state index < -0.39 is 0 Å². The van der Waals surface area contributed by atoms with E-state index in [1.807, 2.05) is 0 Å². The fourth-order valence-electron chi connectivity index (χ4n) is 1.04. The lowest BCUT2D eigenvalue weighted by atomic mass is 10.2. The molecule has 1 atom stereocenters. The molecule has 0 saturated heterocycles. The van der Waals surface area contributed by atoms with E-state index in [1.54, 1.807) is 0 Å². The smallest absolute Gasteiger partial charge is 0.0704 e. The van der Waals surface area contributed by atoms with Crippen molar-refractivity contribution in [3.05, 3.63) is 0 Å². The van der Waals surface area contributed by atoms with Gasteiger partial charge in [0.1, 0.15) is 0 Å². The highest BCUT2D eigenvalue weighted by Gasteiger charge is 2.00. The van der Waals surface area contributed by atoms with Crippen LogP contribution in [0.3, 0.4) is 0 Å². The van der Waals surface area contributed by atoms with E-state index in [2.05, 4.69) is 13.8 Å². The molecule has 0 heterocycles. The van der Waals surface area contributed by atoms with Crippen molar-refractivity contribution in [3.63, 3.8) is 0 Å². The first-order chi connectivity index (χ1) is 6.31. The Kier molecular flexibility index (Phi) is 9.87. The summed E-state index contributed by atoms with van der Waals surface area (Å²) in [7, 11) is 0. The summed E-state index contributed by atoms with van der Waals surface area (Å²) in [4.78, 5) is 0. The highest BCUT2D eigenvalue weighted by atomic mass is 16.5. The molecule has 80 valence electrons. The summed E-state index contributed by atoms with van der Waals surface area (Å²) in [5, 5.41) is 0. The minimum atomic E-state index is 0.314. The molecule has 0 aromatic carbocycles. The van der Waals surface area contributed by atoms with E-state index in [4.69, 9.17) is 15.2 Å². The minimum absolute atomic E-state index is 0.314. The second-order valence-corrected chi connectivity index (χ2v) is 3.22.